The van der Waals surface area contributed by atoms with Gasteiger partial charge >= 0.3 is 0 Å². The van der Waals surface area contributed by atoms with Crippen LogP contribution in [0.4, 0.5) is 4.79 Å². The molecular formula is C11H14BrNO2S. The summed E-state index contributed by atoms with van der Waals surface area (Å²) in [6, 6.07) is 5.89. The maximum absolute atomic E-state index is 10.9. The second-order valence-electron chi connectivity index (χ2n) is 3.42. The number of carbonyl (C=O) groups excluding carboxylic acids is 1. The molecule has 0 aromatic heterocycles. The van der Waals surface area contributed by atoms with Gasteiger partial charge in [-0.3, -0.25) is 4.79 Å². The lowest BCUT2D eigenvalue weighted by Gasteiger charge is -2.14. The minimum Gasteiger partial charge on any atom is -0.496 e. The fourth-order valence-corrected chi connectivity index (χ4v) is 1.95. The molecule has 0 radical (unpaired) electrons. The highest BCUT2D eigenvalue weighted by atomic mass is 79.9. The van der Waals surface area contributed by atoms with Gasteiger partial charge in [-0.2, -0.15) is 0 Å². The quantitative estimate of drug-likeness (QED) is 0.867. The molecule has 1 rings (SSSR count). The summed E-state index contributed by atoms with van der Waals surface area (Å²) in [6.45, 7) is 0.654. The average Bonchev–Trinajstić information content (AvgIpc) is 2.25. The number of halogens is 1. The lowest BCUT2D eigenvalue weighted by atomic mass is 10.1. The number of rotatable bonds is 4. The summed E-state index contributed by atoms with van der Waals surface area (Å²) in [5, 5.41) is -0.215. The minimum absolute atomic E-state index is 0.215. The molecule has 88 valence electrons. The monoisotopic (exact) mass is 303 g/mol. The molecule has 0 N–H and O–H groups in total. The number of ether oxygens (including phenoxy) is 1. The van der Waals surface area contributed by atoms with Gasteiger partial charge in [0.15, 0.2) is 0 Å². The second kappa shape index (κ2) is 6.15. The lowest BCUT2D eigenvalue weighted by molar-refractivity contribution is 0.234. The van der Waals surface area contributed by atoms with Gasteiger partial charge in [-0.25, -0.2) is 0 Å². The smallest absolute Gasteiger partial charge is 0.278 e. The SMILES string of the molecule is COc1ccc(CCN(C)C(=O)S)cc1Br. The van der Waals surface area contributed by atoms with Crippen LogP contribution in [-0.4, -0.2) is 30.8 Å². The van der Waals surface area contributed by atoms with Crippen molar-refractivity contribution in [2.75, 3.05) is 20.7 Å². The highest BCUT2D eigenvalue weighted by Gasteiger charge is 2.05. The van der Waals surface area contributed by atoms with Crippen molar-refractivity contribution in [1.82, 2.24) is 4.90 Å². The van der Waals surface area contributed by atoms with Crippen molar-refractivity contribution in [3.8, 4) is 5.75 Å². The molecule has 1 aromatic carbocycles. The first kappa shape index (κ1) is 13.4. The van der Waals surface area contributed by atoms with Gasteiger partial charge in [-0.15, -0.1) is 0 Å². The van der Waals surface area contributed by atoms with Crippen molar-refractivity contribution in [2.45, 2.75) is 6.42 Å². The molecule has 0 aliphatic heterocycles. The summed E-state index contributed by atoms with van der Waals surface area (Å²) in [5.74, 6) is 0.808. The number of methoxy groups -OCH3 is 1. The van der Waals surface area contributed by atoms with E-state index in [0.29, 0.717) is 6.54 Å². The first-order chi connectivity index (χ1) is 7.54. The average molecular weight is 304 g/mol. The predicted octanol–water partition coefficient (Wildman–Crippen LogP) is 2.98. The predicted molar refractivity (Wildman–Crippen MR) is 71.4 cm³/mol. The van der Waals surface area contributed by atoms with Crippen LogP contribution >= 0.6 is 28.6 Å². The summed E-state index contributed by atoms with van der Waals surface area (Å²) >= 11 is 7.17. The molecule has 0 aliphatic carbocycles. The zero-order valence-electron chi connectivity index (χ0n) is 9.24. The largest absolute Gasteiger partial charge is 0.496 e. The molecule has 0 saturated carbocycles. The molecule has 0 aliphatic rings. The molecule has 0 saturated heterocycles. The lowest BCUT2D eigenvalue weighted by Crippen LogP contribution is -2.23. The molecule has 3 nitrogen and oxygen atoms in total. The van der Waals surface area contributed by atoms with Gasteiger partial charge in [-0.1, -0.05) is 18.7 Å². The Morgan fingerprint density at radius 1 is 1.56 bits per heavy atom. The van der Waals surface area contributed by atoms with E-state index in [-0.39, 0.29) is 5.24 Å². The molecule has 0 bridgehead atoms. The molecule has 1 aromatic rings. The van der Waals surface area contributed by atoms with Crippen LogP contribution in [0.1, 0.15) is 5.56 Å². The minimum atomic E-state index is -0.215. The van der Waals surface area contributed by atoms with Crippen LogP contribution in [0.3, 0.4) is 0 Å². The molecule has 0 heterocycles. The van der Waals surface area contributed by atoms with Crippen LogP contribution in [0, 0.1) is 0 Å². The van der Waals surface area contributed by atoms with Gasteiger partial charge in [0, 0.05) is 13.6 Å². The third kappa shape index (κ3) is 3.72. The molecule has 0 unspecified atom stereocenters. The van der Waals surface area contributed by atoms with E-state index in [0.717, 1.165) is 22.2 Å². The highest BCUT2D eigenvalue weighted by Crippen LogP contribution is 2.25. The summed E-state index contributed by atoms with van der Waals surface area (Å²) in [7, 11) is 3.36. The van der Waals surface area contributed by atoms with E-state index in [9.17, 15) is 4.79 Å². The third-order valence-electron chi connectivity index (χ3n) is 2.28. The first-order valence-corrected chi connectivity index (χ1v) is 6.05. The number of carbonyl (C=O) groups is 1. The molecule has 0 fully saturated rings. The molecular weight excluding hydrogens is 290 g/mol. The molecule has 0 atom stereocenters. The Bertz CT molecular complexity index is 384. The van der Waals surface area contributed by atoms with Crippen LogP contribution in [-0.2, 0) is 6.42 Å². The van der Waals surface area contributed by atoms with Crippen molar-refractivity contribution in [3.63, 3.8) is 0 Å². The normalized spacial score (nSPS) is 10.0. The zero-order valence-corrected chi connectivity index (χ0v) is 11.7. The van der Waals surface area contributed by atoms with Gasteiger partial charge in [0.05, 0.1) is 11.6 Å². The van der Waals surface area contributed by atoms with Crippen LogP contribution in [0.5, 0.6) is 5.75 Å². The number of hydrogen-bond acceptors (Lipinski definition) is 2. The Hall–Kier alpha value is -0.680. The number of hydrogen-bond donors (Lipinski definition) is 1. The van der Waals surface area contributed by atoms with Gasteiger partial charge in [0.25, 0.3) is 5.24 Å². The van der Waals surface area contributed by atoms with Crippen LogP contribution in [0.25, 0.3) is 0 Å². The molecule has 0 spiro atoms. The second-order valence-corrected chi connectivity index (χ2v) is 4.66. The summed E-state index contributed by atoms with van der Waals surface area (Å²) < 4.78 is 6.06. The number of amides is 1. The van der Waals surface area contributed by atoms with E-state index in [2.05, 4.69) is 28.6 Å². The van der Waals surface area contributed by atoms with E-state index in [1.807, 2.05) is 18.2 Å². The Kier molecular flexibility index (Phi) is 5.15. The van der Waals surface area contributed by atoms with E-state index < -0.39 is 0 Å². The van der Waals surface area contributed by atoms with Crippen molar-refractivity contribution in [2.24, 2.45) is 0 Å². The summed E-state index contributed by atoms with van der Waals surface area (Å²) in [5.41, 5.74) is 1.15. The Morgan fingerprint density at radius 3 is 2.75 bits per heavy atom. The van der Waals surface area contributed by atoms with Crippen LogP contribution < -0.4 is 4.74 Å². The van der Waals surface area contributed by atoms with Gasteiger partial charge in [0.1, 0.15) is 5.75 Å². The zero-order chi connectivity index (χ0) is 12.1. The highest BCUT2D eigenvalue weighted by molar-refractivity contribution is 9.10. The summed E-state index contributed by atoms with van der Waals surface area (Å²) in [4.78, 5) is 12.5. The van der Waals surface area contributed by atoms with Crippen LogP contribution in [0.15, 0.2) is 22.7 Å². The molecule has 16 heavy (non-hydrogen) atoms. The van der Waals surface area contributed by atoms with Crippen molar-refractivity contribution >= 4 is 33.8 Å². The van der Waals surface area contributed by atoms with Gasteiger partial charge in [0.2, 0.25) is 0 Å². The Labute approximate surface area is 109 Å². The fraction of sp³-hybridized carbons (Fsp3) is 0.364. The maximum atomic E-state index is 10.9. The Morgan fingerprint density at radius 2 is 2.25 bits per heavy atom. The number of likely N-dealkylation sites (N-methyl/N-ethyl adjacent to an activating group) is 1. The Balaban J connectivity index is 2.62. The van der Waals surface area contributed by atoms with Gasteiger partial charge < -0.3 is 9.64 Å². The van der Waals surface area contributed by atoms with Crippen molar-refractivity contribution < 1.29 is 9.53 Å². The number of thiol groups is 1. The third-order valence-corrected chi connectivity index (χ3v) is 3.24. The van der Waals surface area contributed by atoms with E-state index >= 15 is 0 Å². The van der Waals surface area contributed by atoms with Crippen LogP contribution in [0.2, 0.25) is 0 Å². The maximum Gasteiger partial charge on any atom is 0.278 e. The summed E-state index contributed by atoms with van der Waals surface area (Å²) in [6.07, 6.45) is 0.797. The van der Waals surface area contributed by atoms with Gasteiger partial charge in [-0.05, 0) is 40.0 Å². The van der Waals surface area contributed by atoms with E-state index in [4.69, 9.17) is 4.74 Å². The number of nitrogens with zero attached hydrogens (tertiary/aromatic N) is 1. The topological polar surface area (TPSA) is 29.5 Å². The fourth-order valence-electron chi connectivity index (χ4n) is 1.26. The van der Waals surface area contributed by atoms with Crippen molar-refractivity contribution in [3.05, 3.63) is 28.2 Å². The van der Waals surface area contributed by atoms with E-state index in [1.54, 1.807) is 19.1 Å². The molecule has 5 heteroatoms. The molecule has 1 amide bonds. The standard InChI is InChI=1S/C11H14BrNO2S/c1-13(11(14)16)6-5-8-3-4-10(15-2)9(12)7-8/h3-4,7H,5-6H2,1-2H3,(H,14,16). The van der Waals surface area contributed by atoms with E-state index in [1.165, 1.54) is 0 Å². The number of benzene rings is 1. The first-order valence-electron chi connectivity index (χ1n) is 4.81. The van der Waals surface area contributed by atoms with Crippen molar-refractivity contribution in [1.29, 1.82) is 0 Å².